The first kappa shape index (κ1) is 11.0. The number of nitrogens with zero attached hydrogens (tertiary/aromatic N) is 2. The van der Waals surface area contributed by atoms with Gasteiger partial charge in [-0.05, 0) is 18.6 Å². The van der Waals surface area contributed by atoms with Crippen molar-refractivity contribution in [3.8, 4) is 0 Å². The number of hydrogen-bond acceptors (Lipinski definition) is 4. The second-order valence-electron chi connectivity index (χ2n) is 3.73. The Labute approximate surface area is 94.8 Å². The molecule has 0 amide bonds. The van der Waals surface area contributed by atoms with E-state index >= 15 is 0 Å². The molecule has 0 atom stereocenters. The van der Waals surface area contributed by atoms with Crippen LogP contribution in [0.2, 0.25) is 0 Å². The third-order valence-corrected chi connectivity index (χ3v) is 2.45. The van der Waals surface area contributed by atoms with Crippen molar-refractivity contribution in [3.63, 3.8) is 0 Å². The molecule has 1 aromatic heterocycles. The highest BCUT2D eigenvalue weighted by Gasteiger charge is 2.08. The predicted octanol–water partition coefficient (Wildman–Crippen LogP) is 2.30. The first-order valence-electron chi connectivity index (χ1n) is 5.37. The quantitative estimate of drug-likeness (QED) is 0.725. The highest BCUT2D eigenvalue weighted by molar-refractivity contribution is 5.74. The third-order valence-electron chi connectivity index (χ3n) is 2.45. The maximum atomic E-state index is 5.63. The van der Waals surface area contributed by atoms with Gasteiger partial charge in [0.2, 0.25) is 0 Å². The fraction of sp³-hybridized carbons (Fsp3) is 0.417. The second-order valence-corrected chi connectivity index (χ2v) is 3.73. The van der Waals surface area contributed by atoms with Crippen LogP contribution in [-0.4, -0.2) is 32.3 Å². The molecule has 0 saturated heterocycles. The molecule has 0 aliphatic heterocycles. The van der Waals surface area contributed by atoms with E-state index in [1.54, 1.807) is 7.11 Å². The molecule has 4 nitrogen and oxygen atoms in total. The Morgan fingerprint density at radius 1 is 1.38 bits per heavy atom. The molecule has 0 saturated carbocycles. The first-order valence-corrected chi connectivity index (χ1v) is 5.37. The molecule has 2 aromatic rings. The molecule has 0 N–H and O–H groups in total. The Kier molecular flexibility index (Phi) is 3.41. The number of aromatic nitrogens is 1. The van der Waals surface area contributed by atoms with Crippen LogP contribution in [0.4, 0.5) is 6.01 Å². The lowest BCUT2D eigenvalue weighted by Gasteiger charge is -2.13. The molecule has 2 rings (SSSR count). The van der Waals surface area contributed by atoms with Crippen LogP contribution in [0, 0.1) is 0 Å². The molecule has 0 fully saturated rings. The van der Waals surface area contributed by atoms with E-state index < -0.39 is 0 Å². The normalized spacial score (nSPS) is 10.9. The summed E-state index contributed by atoms with van der Waals surface area (Å²) in [5.41, 5.74) is 1.73. The van der Waals surface area contributed by atoms with Crippen molar-refractivity contribution in [2.45, 2.75) is 6.42 Å². The number of hydrogen-bond donors (Lipinski definition) is 0. The number of fused-ring (bicyclic) bond motifs is 1. The summed E-state index contributed by atoms with van der Waals surface area (Å²) in [5, 5.41) is 0. The highest BCUT2D eigenvalue weighted by atomic mass is 16.5. The van der Waals surface area contributed by atoms with Crippen molar-refractivity contribution in [1.29, 1.82) is 0 Å². The zero-order valence-electron chi connectivity index (χ0n) is 9.64. The molecule has 1 aromatic carbocycles. The fourth-order valence-electron chi connectivity index (χ4n) is 1.57. The molecule has 0 spiro atoms. The lowest BCUT2D eigenvalue weighted by molar-refractivity contribution is 0.196. The van der Waals surface area contributed by atoms with Crippen molar-refractivity contribution in [2.75, 3.05) is 32.2 Å². The summed E-state index contributed by atoms with van der Waals surface area (Å²) in [7, 11) is 3.68. The first-order chi connectivity index (χ1) is 7.81. The number of para-hydroxylation sites is 2. The molecular weight excluding hydrogens is 204 g/mol. The van der Waals surface area contributed by atoms with Crippen LogP contribution in [0.1, 0.15) is 6.42 Å². The zero-order chi connectivity index (χ0) is 11.4. The van der Waals surface area contributed by atoms with Crippen molar-refractivity contribution >= 4 is 17.1 Å². The summed E-state index contributed by atoms with van der Waals surface area (Å²) in [4.78, 5) is 6.41. The van der Waals surface area contributed by atoms with Gasteiger partial charge in [0, 0.05) is 27.3 Å². The van der Waals surface area contributed by atoms with Gasteiger partial charge in [-0.1, -0.05) is 12.1 Å². The molecule has 0 unspecified atom stereocenters. The molecule has 0 aliphatic carbocycles. The predicted molar refractivity (Wildman–Crippen MR) is 63.8 cm³/mol. The van der Waals surface area contributed by atoms with Gasteiger partial charge in [0.05, 0.1) is 0 Å². The SMILES string of the molecule is COCCCN(C)c1nc2ccccc2o1. The van der Waals surface area contributed by atoms with Crippen LogP contribution in [0.3, 0.4) is 0 Å². The van der Waals surface area contributed by atoms with Gasteiger partial charge in [-0.25, -0.2) is 0 Å². The number of anilines is 1. The summed E-state index contributed by atoms with van der Waals surface area (Å²) < 4.78 is 10.6. The summed E-state index contributed by atoms with van der Waals surface area (Å²) >= 11 is 0. The Balaban J connectivity index is 2.07. The van der Waals surface area contributed by atoms with Gasteiger partial charge < -0.3 is 14.1 Å². The minimum absolute atomic E-state index is 0.664. The average Bonchev–Trinajstić information content (AvgIpc) is 2.73. The lowest BCUT2D eigenvalue weighted by atomic mass is 10.3. The molecule has 0 aliphatic rings. The molecular formula is C12H16N2O2. The van der Waals surface area contributed by atoms with E-state index in [9.17, 15) is 0 Å². The van der Waals surface area contributed by atoms with E-state index in [1.807, 2.05) is 36.2 Å². The number of oxazole rings is 1. The number of methoxy groups -OCH3 is 1. The number of ether oxygens (including phenoxy) is 1. The van der Waals surface area contributed by atoms with E-state index in [4.69, 9.17) is 9.15 Å². The van der Waals surface area contributed by atoms with Crippen LogP contribution >= 0.6 is 0 Å². The van der Waals surface area contributed by atoms with Gasteiger partial charge in [0.25, 0.3) is 6.01 Å². The third kappa shape index (κ3) is 2.33. The van der Waals surface area contributed by atoms with E-state index in [-0.39, 0.29) is 0 Å². The second kappa shape index (κ2) is 4.99. The zero-order valence-corrected chi connectivity index (χ0v) is 9.64. The van der Waals surface area contributed by atoms with Gasteiger partial charge in [-0.3, -0.25) is 0 Å². The maximum absolute atomic E-state index is 5.63. The van der Waals surface area contributed by atoms with Gasteiger partial charge in [-0.15, -0.1) is 0 Å². The summed E-state index contributed by atoms with van der Waals surface area (Å²) in [6.07, 6.45) is 0.964. The van der Waals surface area contributed by atoms with Crippen molar-refractivity contribution < 1.29 is 9.15 Å². The lowest BCUT2D eigenvalue weighted by Crippen LogP contribution is -2.19. The summed E-state index contributed by atoms with van der Waals surface area (Å²) in [6.45, 7) is 1.63. The molecule has 1 heterocycles. The average molecular weight is 220 g/mol. The topological polar surface area (TPSA) is 38.5 Å². The van der Waals surface area contributed by atoms with E-state index in [0.717, 1.165) is 30.7 Å². The van der Waals surface area contributed by atoms with Gasteiger partial charge in [0.1, 0.15) is 5.52 Å². The highest BCUT2D eigenvalue weighted by Crippen LogP contribution is 2.20. The monoisotopic (exact) mass is 220 g/mol. The Morgan fingerprint density at radius 2 is 2.19 bits per heavy atom. The smallest absolute Gasteiger partial charge is 0.298 e. The maximum Gasteiger partial charge on any atom is 0.298 e. The summed E-state index contributed by atoms with van der Waals surface area (Å²) in [5.74, 6) is 0. The fourth-order valence-corrected chi connectivity index (χ4v) is 1.57. The standard InChI is InChI=1S/C12H16N2O2/c1-14(8-5-9-15-2)12-13-10-6-3-4-7-11(10)16-12/h3-4,6-7H,5,8-9H2,1-2H3. The van der Waals surface area contributed by atoms with Crippen LogP contribution in [0.15, 0.2) is 28.7 Å². The van der Waals surface area contributed by atoms with Crippen molar-refractivity contribution in [1.82, 2.24) is 4.98 Å². The van der Waals surface area contributed by atoms with Crippen LogP contribution < -0.4 is 4.90 Å². The van der Waals surface area contributed by atoms with Crippen LogP contribution in [0.5, 0.6) is 0 Å². The minimum Gasteiger partial charge on any atom is -0.423 e. The van der Waals surface area contributed by atoms with Crippen LogP contribution in [-0.2, 0) is 4.74 Å². The minimum atomic E-state index is 0.664. The number of benzene rings is 1. The van der Waals surface area contributed by atoms with Crippen molar-refractivity contribution in [3.05, 3.63) is 24.3 Å². The Hall–Kier alpha value is -1.55. The molecule has 16 heavy (non-hydrogen) atoms. The van der Waals surface area contributed by atoms with Gasteiger partial charge in [0.15, 0.2) is 5.58 Å². The largest absolute Gasteiger partial charge is 0.423 e. The van der Waals surface area contributed by atoms with Gasteiger partial charge in [-0.2, -0.15) is 4.98 Å². The molecule has 0 bridgehead atoms. The number of rotatable bonds is 5. The molecule has 0 radical (unpaired) electrons. The van der Waals surface area contributed by atoms with Gasteiger partial charge >= 0.3 is 0 Å². The van der Waals surface area contributed by atoms with E-state index in [1.165, 1.54) is 0 Å². The van der Waals surface area contributed by atoms with Crippen LogP contribution in [0.25, 0.3) is 11.1 Å². The van der Waals surface area contributed by atoms with E-state index in [0.29, 0.717) is 6.01 Å². The van der Waals surface area contributed by atoms with Crippen molar-refractivity contribution in [2.24, 2.45) is 0 Å². The Bertz CT molecular complexity index is 420. The Morgan fingerprint density at radius 3 is 2.94 bits per heavy atom. The summed E-state index contributed by atoms with van der Waals surface area (Å²) in [6, 6.07) is 8.44. The molecule has 4 heteroatoms. The van der Waals surface area contributed by atoms with E-state index in [2.05, 4.69) is 4.98 Å². The molecule has 86 valence electrons.